The molecule has 0 radical (unpaired) electrons. The molecule has 0 atom stereocenters. The summed E-state index contributed by atoms with van der Waals surface area (Å²) in [5.41, 5.74) is 7.42. The van der Waals surface area contributed by atoms with Crippen LogP contribution in [0.15, 0.2) is 18.2 Å². The number of imidazole rings is 1. The van der Waals surface area contributed by atoms with Gasteiger partial charge in [0.05, 0.1) is 11.0 Å². The van der Waals surface area contributed by atoms with E-state index in [4.69, 9.17) is 5.73 Å². The second-order valence-corrected chi connectivity index (χ2v) is 4.49. The van der Waals surface area contributed by atoms with Gasteiger partial charge in [0.2, 0.25) is 5.95 Å². The fraction of sp³-hybridized carbons (Fsp3) is 0.417. The Labute approximate surface area is 93.1 Å². The molecule has 0 spiro atoms. The van der Waals surface area contributed by atoms with Crippen LogP contribution in [0.25, 0.3) is 11.0 Å². The molecule has 2 N–H and O–H groups in total. The van der Waals surface area contributed by atoms with Gasteiger partial charge in [-0.05, 0) is 24.5 Å². The topological polar surface area (TPSA) is 43.8 Å². The van der Waals surface area contributed by atoms with Crippen molar-refractivity contribution in [3.8, 4) is 0 Å². The Hall–Kier alpha value is -1.58. The van der Waals surface area contributed by atoms with Crippen LogP contribution in [-0.2, 0) is 6.54 Å². The third-order valence-electron chi connectivity index (χ3n) is 3.20. The first-order valence-corrected chi connectivity index (χ1v) is 5.65. The van der Waals surface area contributed by atoms with Crippen molar-refractivity contribution in [3.05, 3.63) is 24.0 Å². The van der Waals surface area contributed by atoms with Crippen molar-refractivity contribution in [3.63, 3.8) is 0 Å². The van der Waals surface area contributed by atoms with Gasteiger partial charge in [0.15, 0.2) is 0 Å². The number of benzene rings is 1. The molecular weight excluding hydrogens is 205 g/mol. The van der Waals surface area contributed by atoms with E-state index in [0.717, 1.165) is 24.4 Å². The lowest BCUT2D eigenvalue weighted by Crippen LogP contribution is -2.03. The molecule has 4 heteroatoms. The predicted molar refractivity (Wildman–Crippen MR) is 61.4 cm³/mol. The van der Waals surface area contributed by atoms with E-state index in [2.05, 4.69) is 4.98 Å². The zero-order valence-corrected chi connectivity index (χ0v) is 8.99. The second-order valence-electron chi connectivity index (χ2n) is 4.49. The van der Waals surface area contributed by atoms with Gasteiger partial charge in [0.25, 0.3) is 0 Å². The fourth-order valence-electron chi connectivity index (χ4n) is 2.07. The van der Waals surface area contributed by atoms with Crippen LogP contribution in [-0.4, -0.2) is 9.55 Å². The van der Waals surface area contributed by atoms with Crippen LogP contribution in [0.4, 0.5) is 10.3 Å². The van der Waals surface area contributed by atoms with Gasteiger partial charge >= 0.3 is 0 Å². The van der Waals surface area contributed by atoms with Crippen molar-refractivity contribution < 1.29 is 4.39 Å². The van der Waals surface area contributed by atoms with E-state index in [1.54, 1.807) is 6.07 Å². The van der Waals surface area contributed by atoms with E-state index in [-0.39, 0.29) is 5.82 Å². The molecular formula is C12H14FN3. The summed E-state index contributed by atoms with van der Waals surface area (Å²) in [4.78, 5) is 4.17. The van der Waals surface area contributed by atoms with Crippen LogP contribution in [0.2, 0.25) is 0 Å². The largest absolute Gasteiger partial charge is 0.369 e. The van der Waals surface area contributed by atoms with E-state index < -0.39 is 0 Å². The van der Waals surface area contributed by atoms with Crippen LogP contribution in [0.5, 0.6) is 0 Å². The van der Waals surface area contributed by atoms with E-state index in [9.17, 15) is 4.39 Å². The highest BCUT2D eigenvalue weighted by Gasteiger charge is 2.21. The summed E-state index contributed by atoms with van der Waals surface area (Å²) in [6, 6.07) is 4.64. The number of halogens is 1. The number of hydrogen-bond donors (Lipinski definition) is 1. The standard InChI is InChI=1S/C12H14FN3/c13-9-3-4-11-10(7-9)15-12(14)16(11)6-5-8-1-2-8/h3-4,7-8H,1-2,5-6H2,(H2,14,15). The van der Waals surface area contributed by atoms with Crippen LogP contribution in [0.1, 0.15) is 19.3 Å². The van der Waals surface area contributed by atoms with E-state index in [0.29, 0.717) is 11.5 Å². The molecule has 1 fully saturated rings. The Balaban J connectivity index is 1.97. The van der Waals surface area contributed by atoms with E-state index in [1.165, 1.54) is 25.0 Å². The van der Waals surface area contributed by atoms with Crippen LogP contribution in [0, 0.1) is 11.7 Å². The molecule has 1 aromatic carbocycles. The molecule has 0 unspecified atom stereocenters. The summed E-state index contributed by atoms with van der Waals surface area (Å²) in [6.45, 7) is 0.888. The Morgan fingerprint density at radius 1 is 1.44 bits per heavy atom. The molecule has 1 saturated carbocycles. The molecule has 0 bridgehead atoms. The summed E-state index contributed by atoms with van der Waals surface area (Å²) in [7, 11) is 0. The van der Waals surface area contributed by atoms with E-state index in [1.807, 2.05) is 4.57 Å². The van der Waals surface area contributed by atoms with Gasteiger partial charge in [-0.15, -0.1) is 0 Å². The SMILES string of the molecule is Nc1nc2cc(F)ccc2n1CCC1CC1. The normalized spacial score (nSPS) is 15.8. The number of nitrogens with two attached hydrogens (primary N) is 1. The molecule has 0 aliphatic heterocycles. The van der Waals surface area contributed by atoms with Gasteiger partial charge in [-0.2, -0.15) is 0 Å². The first-order valence-electron chi connectivity index (χ1n) is 5.65. The predicted octanol–water partition coefficient (Wildman–Crippen LogP) is 2.56. The van der Waals surface area contributed by atoms with Gasteiger partial charge in [-0.25, -0.2) is 9.37 Å². The number of aryl methyl sites for hydroxylation is 1. The number of nitrogens with zero attached hydrogens (tertiary/aromatic N) is 2. The lowest BCUT2D eigenvalue weighted by molar-refractivity contribution is 0.612. The summed E-state index contributed by atoms with van der Waals surface area (Å²) in [5, 5.41) is 0. The van der Waals surface area contributed by atoms with Gasteiger partial charge in [0.1, 0.15) is 5.82 Å². The maximum Gasteiger partial charge on any atom is 0.201 e. The molecule has 0 amide bonds. The highest BCUT2D eigenvalue weighted by Crippen LogP contribution is 2.33. The summed E-state index contributed by atoms with van der Waals surface area (Å²) < 4.78 is 15.0. The number of anilines is 1. The van der Waals surface area contributed by atoms with Crippen molar-refractivity contribution in [1.82, 2.24) is 9.55 Å². The zero-order valence-electron chi connectivity index (χ0n) is 8.99. The quantitative estimate of drug-likeness (QED) is 0.862. The van der Waals surface area contributed by atoms with Gasteiger partial charge in [-0.1, -0.05) is 12.8 Å². The van der Waals surface area contributed by atoms with Crippen molar-refractivity contribution in [2.45, 2.75) is 25.8 Å². The zero-order chi connectivity index (χ0) is 11.1. The van der Waals surface area contributed by atoms with Gasteiger partial charge < -0.3 is 10.3 Å². The summed E-state index contributed by atoms with van der Waals surface area (Å²) in [6.07, 6.45) is 3.81. The van der Waals surface area contributed by atoms with Crippen molar-refractivity contribution in [2.75, 3.05) is 5.73 Å². The minimum absolute atomic E-state index is 0.264. The molecule has 16 heavy (non-hydrogen) atoms. The van der Waals surface area contributed by atoms with Gasteiger partial charge in [0, 0.05) is 12.6 Å². The number of aromatic nitrogens is 2. The van der Waals surface area contributed by atoms with E-state index >= 15 is 0 Å². The average Bonchev–Trinajstić information content (AvgIpc) is 3.00. The van der Waals surface area contributed by atoms with Crippen molar-refractivity contribution in [1.29, 1.82) is 0 Å². The summed E-state index contributed by atoms with van der Waals surface area (Å²) in [5.74, 6) is 1.08. The van der Waals surface area contributed by atoms with Crippen LogP contribution < -0.4 is 5.73 Å². The highest BCUT2D eigenvalue weighted by atomic mass is 19.1. The fourth-order valence-corrected chi connectivity index (χ4v) is 2.07. The third kappa shape index (κ3) is 1.64. The number of nitrogen functional groups attached to an aromatic ring is 1. The smallest absolute Gasteiger partial charge is 0.201 e. The van der Waals surface area contributed by atoms with Crippen molar-refractivity contribution >= 4 is 17.0 Å². The Bertz CT molecular complexity index is 528. The Morgan fingerprint density at radius 2 is 2.25 bits per heavy atom. The Morgan fingerprint density at radius 3 is 3.00 bits per heavy atom. The molecule has 2 aromatic rings. The molecule has 1 aliphatic carbocycles. The lowest BCUT2D eigenvalue weighted by atomic mass is 10.2. The molecule has 1 aliphatic rings. The average molecular weight is 219 g/mol. The van der Waals surface area contributed by atoms with Crippen LogP contribution >= 0.6 is 0 Å². The third-order valence-corrected chi connectivity index (χ3v) is 3.20. The van der Waals surface area contributed by atoms with Crippen molar-refractivity contribution in [2.24, 2.45) is 5.92 Å². The highest BCUT2D eigenvalue weighted by molar-refractivity contribution is 5.78. The molecule has 3 nitrogen and oxygen atoms in total. The molecule has 1 aromatic heterocycles. The van der Waals surface area contributed by atoms with Crippen LogP contribution in [0.3, 0.4) is 0 Å². The summed E-state index contributed by atoms with van der Waals surface area (Å²) >= 11 is 0. The van der Waals surface area contributed by atoms with Gasteiger partial charge in [-0.3, -0.25) is 0 Å². The lowest BCUT2D eigenvalue weighted by Gasteiger charge is -2.05. The molecule has 0 saturated heterocycles. The maximum absolute atomic E-state index is 13.0. The monoisotopic (exact) mass is 219 g/mol. The number of rotatable bonds is 3. The first kappa shape index (κ1) is 9.63. The second kappa shape index (κ2) is 3.47. The molecule has 3 rings (SSSR count). The molecule has 84 valence electrons. The minimum Gasteiger partial charge on any atom is -0.369 e. The number of hydrogen-bond acceptors (Lipinski definition) is 2. The maximum atomic E-state index is 13.0. The minimum atomic E-state index is -0.264. The Kier molecular flexibility index (Phi) is 2.09. The number of fused-ring (bicyclic) bond motifs is 1. The first-order chi connectivity index (χ1) is 7.74. The molecule has 1 heterocycles.